The van der Waals surface area contributed by atoms with Gasteiger partial charge in [-0.25, -0.2) is 4.79 Å². The van der Waals surface area contributed by atoms with Crippen molar-refractivity contribution in [2.24, 2.45) is 5.73 Å². The summed E-state index contributed by atoms with van der Waals surface area (Å²) in [6, 6.07) is 4.79. The zero-order valence-corrected chi connectivity index (χ0v) is 10.4. The Kier molecular flexibility index (Phi) is 5.48. The van der Waals surface area contributed by atoms with Crippen LogP contribution in [-0.2, 0) is 16.0 Å². The maximum atomic E-state index is 11.4. The monoisotopic (exact) mass is 282 g/mol. The number of hydrogen-bond acceptors (Lipinski definition) is 5. The number of hydrogen-bond donors (Lipinski definition) is 4. The first-order valence-corrected chi connectivity index (χ1v) is 5.63. The molecule has 1 aromatic rings. The molecule has 20 heavy (non-hydrogen) atoms. The zero-order valence-electron chi connectivity index (χ0n) is 10.4. The fourth-order valence-electron chi connectivity index (χ4n) is 1.32. The van der Waals surface area contributed by atoms with E-state index in [4.69, 9.17) is 20.7 Å². The Morgan fingerprint density at radius 1 is 1.30 bits per heavy atom. The predicted octanol–water partition coefficient (Wildman–Crippen LogP) is -0.186. The smallest absolute Gasteiger partial charge is 0.412 e. The molecule has 0 spiro atoms. The molecule has 108 valence electrons. The summed E-state index contributed by atoms with van der Waals surface area (Å²) < 4.78 is 4.88. The lowest BCUT2D eigenvalue weighted by molar-refractivity contribution is -0.138. The molecule has 0 aromatic heterocycles. The predicted molar refractivity (Wildman–Crippen MR) is 67.4 cm³/mol. The summed E-state index contributed by atoms with van der Waals surface area (Å²) in [7, 11) is 0. The highest BCUT2D eigenvalue weighted by Crippen LogP contribution is 2.13. The van der Waals surface area contributed by atoms with Crippen LogP contribution >= 0.6 is 0 Å². The molecule has 5 N–H and O–H groups in total. The first kappa shape index (κ1) is 15.4. The zero-order chi connectivity index (χ0) is 15.1. The number of nitrogens with two attached hydrogens (primary N) is 1. The van der Waals surface area contributed by atoms with E-state index in [0.717, 1.165) is 0 Å². The minimum Gasteiger partial charge on any atom is -0.481 e. The Morgan fingerprint density at radius 3 is 2.60 bits per heavy atom. The molecule has 0 aliphatic heterocycles. The highest BCUT2D eigenvalue weighted by molar-refractivity contribution is 5.76. The van der Waals surface area contributed by atoms with Gasteiger partial charge in [0.25, 0.3) is 0 Å². The van der Waals surface area contributed by atoms with Crippen LogP contribution in [-0.4, -0.2) is 40.8 Å². The first-order valence-electron chi connectivity index (χ1n) is 5.63. The number of rotatable bonds is 6. The molecule has 0 aliphatic rings. The SMILES string of the molecule is N[C@H](CNC(=O)Oc1cccc(CC(=O)O)c1)C(=O)O. The number of carboxylic acids is 2. The average Bonchev–Trinajstić information content (AvgIpc) is 2.35. The Hall–Kier alpha value is -2.61. The fraction of sp³-hybridized carbons (Fsp3) is 0.250. The molecular formula is C12H14N2O6. The average molecular weight is 282 g/mol. The number of ether oxygens (including phenoxy) is 1. The minimum absolute atomic E-state index is 0.158. The number of nitrogens with one attached hydrogen (secondary N) is 1. The van der Waals surface area contributed by atoms with Gasteiger partial charge >= 0.3 is 18.0 Å². The van der Waals surface area contributed by atoms with E-state index in [9.17, 15) is 14.4 Å². The molecule has 0 bridgehead atoms. The number of amides is 1. The van der Waals surface area contributed by atoms with Gasteiger partial charge in [0.05, 0.1) is 6.42 Å². The summed E-state index contributed by atoms with van der Waals surface area (Å²) in [5.41, 5.74) is 5.68. The van der Waals surface area contributed by atoms with Gasteiger partial charge in [0, 0.05) is 6.54 Å². The second kappa shape index (κ2) is 7.10. The lowest BCUT2D eigenvalue weighted by Gasteiger charge is -2.09. The maximum absolute atomic E-state index is 11.4. The summed E-state index contributed by atoms with van der Waals surface area (Å²) in [5.74, 6) is -2.09. The molecule has 1 aromatic carbocycles. The lowest BCUT2D eigenvalue weighted by atomic mass is 10.1. The highest BCUT2D eigenvalue weighted by Gasteiger charge is 2.13. The van der Waals surface area contributed by atoms with Crippen molar-refractivity contribution in [2.75, 3.05) is 6.54 Å². The van der Waals surface area contributed by atoms with Gasteiger partial charge in [0.2, 0.25) is 0 Å². The molecule has 0 radical (unpaired) electrons. The molecule has 1 atom stereocenters. The third kappa shape index (κ3) is 5.36. The number of benzene rings is 1. The van der Waals surface area contributed by atoms with E-state index >= 15 is 0 Å². The quantitative estimate of drug-likeness (QED) is 0.567. The van der Waals surface area contributed by atoms with E-state index in [-0.39, 0.29) is 18.7 Å². The molecule has 0 aliphatic carbocycles. The van der Waals surface area contributed by atoms with Crippen LogP contribution in [0.25, 0.3) is 0 Å². The molecule has 0 unspecified atom stereocenters. The molecule has 0 fully saturated rings. The van der Waals surface area contributed by atoms with Crippen molar-refractivity contribution in [3.05, 3.63) is 29.8 Å². The van der Waals surface area contributed by atoms with Gasteiger partial charge in [-0.1, -0.05) is 12.1 Å². The van der Waals surface area contributed by atoms with Crippen LogP contribution in [0.5, 0.6) is 5.75 Å². The molecule has 0 heterocycles. The largest absolute Gasteiger partial charge is 0.481 e. The summed E-state index contributed by atoms with van der Waals surface area (Å²) in [6.45, 7) is -0.275. The van der Waals surface area contributed by atoms with Crippen LogP contribution in [0.3, 0.4) is 0 Å². The van der Waals surface area contributed by atoms with Gasteiger partial charge in [0.15, 0.2) is 0 Å². The van der Waals surface area contributed by atoms with Crippen molar-refractivity contribution in [2.45, 2.75) is 12.5 Å². The van der Waals surface area contributed by atoms with Gasteiger partial charge in [0.1, 0.15) is 11.8 Å². The number of aliphatic carboxylic acids is 2. The Labute approximate surface area is 114 Å². The van der Waals surface area contributed by atoms with Crippen molar-refractivity contribution in [3.8, 4) is 5.75 Å². The van der Waals surface area contributed by atoms with Crippen LogP contribution in [0.15, 0.2) is 24.3 Å². The van der Waals surface area contributed by atoms with Crippen molar-refractivity contribution in [3.63, 3.8) is 0 Å². The summed E-state index contributed by atoms with van der Waals surface area (Å²) >= 11 is 0. The molecule has 0 saturated carbocycles. The van der Waals surface area contributed by atoms with E-state index in [0.29, 0.717) is 5.56 Å². The van der Waals surface area contributed by atoms with Crippen LogP contribution < -0.4 is 15.8 Å². The van der Waals surface area contributed by atoms with Crippen molar-refractivity contribution in [1.82, 2.24) is 5.32 Å². The fourth-order valence-corrected chi connectivity index (χ4v) is 1.32. The molecular weight excluding hydrogens is 268 g/mol. The van der Waals surface area contributed by atoms with Gasteiger partial charge in [-0.3, -0.25) is 9.59 Å². The summed E-state index contributed by atoms with van der Waals surface area (Å²) in [5, 5.41) is 19.4. The maximum Gasteiger partial charge on any atom is 0.412 e. The van der Waals surface area contributed by atoms with Crippen molar-refractivity contribution in [1.29, 1.82) is 0 Å². The van der Waals surface area contributed by atoms with Gasteiger partial charge in [-0.15, -0.1) is 0 Å². The minimum atomic E-state index is -1.24. The highest BCUT2D eigenvalue weighted by atomic mass is 16.6. The molecule has 1 rings (SSSR count). The van der Waals surface area contributed by atoms with E-state index < -0.39 is 24.1 Å². The van der Waals surface area contributed by atoms with Crippen molar-refractivity contribution < 1.29 is 29.3 Å². The summed E-state index contributed by atoms with van der Waals surface area (Å²) in [6.07, 6.45) is -1.06. The molecule has 0 saturated heterocycles. The van der Waals surface area contributed by atoms with E-state index in [1.165, 1.54) is 12.1 Å². The van der Waals surface area contributed by atoms with E-state index in [1.807, 2.05) is 0 Å². The topological polar surface area (TPSA) is 139 Å². The third-order valence-electron chi connectivity index (χ3n) is 2.25. The Bertz CT molecular complexity index is 516. The standard InChI is InChI=1S/C12H14N2O6/c13-9(11(17)18)6-14-12(19)20-8-3-1-2-7(4-8)5-10(15)16/h1-4,9H,5-6,13H2,(H,14,19)(H,15,16)(H,17,18)/t9-/m1/s1. The molecule has 1 amide bonds. The van der Waals surface area contributed by atoms with Crippen LogP contribution in [0.2, 0.25) is 0 Å². The molecule has 8 heteroatoms. The number of carbonyl (C=O) groups is 3. The van der Waals surface area contributed by atoms with Crippen LogP contribution in [0, 0.1) is 0 Å². The normalized spacial score (nSPS) is 11.4. The first-order chi connectivity index (χ1) is 9.38. The third-order valence-corrected chi connectivity index (χ3v) is 2.25. The van der Waals surface area contributed by atoms with Gasteiger partial charge in [-0.05, 0) is 17.7 Å². The Balaban J connectivity index is 2.53. The second-order valence-electron chi connectivity index (χ2n) is 3.93. The Morgan fingerprint density at radius 2 is 2.00 bits per heavy atom. The lowest BCUT2D eigenvalue weighted by Crippen LogP contribution is -2.43. The number of carboxylic acid groups (broad SMARTS) is 2. The number of carbonyl (C=O) groups excluding carboxylic acids is 1. The van der Waals surface area contributed by atoms with Crippen LogP contribution in [0.1, 0.15) is 5.56 Å². The van der Waals surface area contributed by atoms with Gasteiger partial charge < -0.3 is 26.0 Å². The molecule has 8 nitrogen and oxygen atoms in total. The van der Waals surface area contributed by atoms with E-state index in [2.05, 4.69) is 5.32 Å². The summed E-state index contributed by atoms with van der Waals surface area (Å²) in [4.78, 5) is 32.4. The van der Waals surface area contributed by atoms with Crippen molar-refractivity contribution >= 4 is 18.0 Å². The van der Waals surface area contributed by atoms with E-state index in [1.54, 1.807) is 12.1 Å². The van der Waals surface area contributed by atoms with Gasteiger partial charge in [-0.2, -0.15) is 0 Å². The van der Waals surface area contributed by atoms with Crippen LogP contribution in [0.4, 0.5) is 4.79 Å². The second-order valence-corrected chi connectivity index (χ2v) is 3.93.